The number of nitrogens with one attached hydrogen (secondary N) is 12. The van der Waals surface area contributed by atoms with E-state index in [1.165, 1.54) is 62.6 Å². The van der Waals surface area contributed by atoms with E-state index < -0.39 is 195 Å². The number of aliphatic hydroxyl groups excluding tert-OH is 1. The first-order valence-corrected chi connectivity index (χ1v) is 38.0. The van der Waals surface area contributed by atoms with Crippen molar-refractivity contribution in [2.45, 2.75) is 191 Å². The van der Waals surface area contributed by atoms with Crippen molar-refractivity contribution in [1.29, 1.82) is 0 Å². The predicted octanol–water partition coefficient (Wildman–Crippen LogP) is 2.19. The van der Waals surface area contributed by atoms with Gasteiger partial charge >= 0.3 is 12.4 Å². The standard InChI is InChI=1S/C78H103F7N18O13/c1-6-7-31-89-75(87)90-32-11-17-56(66(108)98-58(35-45(2)3)67(109)97-57(74(116)103-34-13-19-64(103)73(115)94-46(4)65(86)107)18-12-33-91-76(92-43-77(80,81)82)93-44-78(83,84)85)96-69(111)60(38-49-23-28-55(106)29-24-49)101-72(114)63(42-104)102-71(113)62(40-51-14-10-30-88-41-51)100-70(112)61(37-48-21-26-54(79)27-22-48)99-68(110)59(95-47(5)105)39-50-20-25-52-15-8-9-16-53(52)36-50/h8-10,14-16,20-30,36,41,45-46,56-64,104,106H,6-7,11-13,17-19,31-35,37-40,42-44H2,1-5H3,(H2,86,107)(H,94,115)(H,95,105)(H,96,111)(H,97,109)(H,98,108)(H,99,110)(H,100,112)(H,101,114)(H,102,113)(H3,87,89,90)(H2,91,92,93)/t46-,56-,57+,58+,59-,60+,61-,62-,63+,64+/m1/s1. The summed E-state index contributed by atoms with van der Waals surface area (Å²) in [6, 6.07) is 11.1. The minimum Gasteiger partial charge on any atom is -0.508 e. The smallest absolute Gasteiger partial charge is 0.408 e. The lowest BCUT2D eigenvalue weighted by Crippen LogP contribution is -2.61. The van der Waals surface area contributed by atoms with Crippen LogP contribution in [0, 0.1) is 11.7 Å². The fourth-order valence-electron chi connectivity index (χ4n) is 12.4. The predicted molar refractivity (Wildman–Crippen MR) is 415 cm³/mol. The molecule has 0 saturated carbocycles. The molecule has 31 nitrogen and oxygen atoms in total. The number of halogens is 7. The second-order valence-electron chi connectivity index (χ2n) is 28.5. The van der Waals surface area contributed by atoms with Gasteiger partial charge in [0.1, 0.15) is 85.1 Å². The fourth-order valence-corrected chi connectivity index (χ4v) is 12.4. The Labute approximate surface area is 665 Å². The van der Waals surface area contributed by atoms with Crippen LogP contribution in [0.15, 0.2) is 126 Å². The molecule has 0 radical (unpaired) electrons. The summed E-state index contributed by atoms with van der Waals surface area (Å²) in [6.45, 7) is 2.92. The molecule has 38 heteroatoms. The molecule has 0 spiro atoms. The average Bonchev–Trinajstić information content (AvgIpc) is 1.53. The van der Waals surface area contributed by atoms with Gasteiger partial charge in [0.25, 0.3) is 0 Å². The third-order valence-corrected chi connectivity index (χ3v) is 18.4. The number of pyridine rings is 1. The number of hydrogen-bond donors (Lipinski definition) is 16. The molecule has 1 aromatic heterocycles. The van der Waals surface area contributed by atoms with E-state index in [9.17, 15) is 84.1 Å². The van der Waals surface area contributed by atoms with Crippen molar-refractivity contribution in [2.24, 2.45) is 27.4 Å². The Balaban J connectivity index is 1.30. The van der Waals surface area contributed by atoms with E-state index >= 15 is 9.59 Å². The second-order valence-corrected chi connectivity index (χ2v) is 28.5. The SMILES string of the molecule is CCCCNC(N)=NCCC[C@@H](NC(=O)[C@H](Cc1ccc(O)cc1)NC(=O)[C@H](CO)NC(=O)[C@@H](Cc1cccnc1)NC(=O)[C@@H](Cc1ccc(F)cc1)NC(=O)[C@@H](Cc1ccc2ccccc2c1)NC(C)=O)C(=O)N[C@@H](CC(C)C)C(=O)N[C@@H](CCCNC(=NCC(F)(F)F)NCC(F)(F)F)C(=O)N1CCC[C@H]1C(=O)N[C@H](C)C(N)=O. The highest BCUT2D eigenvalue weighted by molar-refractivity contribution is 5.99. The third kappa shape index (κ3) is 32.6. The number of alkyl halides is 6. The zero-order chi connectivity index (χ0) is 85.2. The van der Waals surface area contributed by atoms with Gasteiger partial charge in [-0.3, -0.25) is 62.7 Å². The highest BCUT2D eigenvalue weighted by Gasteiger charge is 2.41. The molecule has 0 aliphatic carbocycles. The maximum Gasteiger partial charge on any atom is 0.408 e. The maximum absolute atomic E-state index is 15.1. The fraction of sp³-hybridized carbons (Fsp3) is 0.487. The van der Waals surface area contributed by atoms with Crippen molar-refractivity contribution >= 4 is 87.7 Å². The first kappa shape index (κ1) is 93.1. The number of aromatic hydroxyl groups is 1. The van der Waals surface area contributed by atoms with Crippen LogP contribution >= 0.6 is 0 Å². The van der Waals surface area contributed by atoms with Crippen molar-refractivity contribution in [3.8, 4) is 5.75 Å². The number of phenolic OH excluding ortho intramolecular Hbond substituents is 1. The number of carbonyl (C=O) groups is 11. The molecule has 1 aliphatic heterocycles. The Morgan fingerprint density at radius 3 is 1.65 bits per heavy atom. The van der Waals surface area contributed by atoms with Crippen molar-refractivity contribution in [2.75, 3.05) is 45.9 Å². The molecule has 2 heterocycles. The van der Waals surface area contributed by atoms with Crippen LogP contribution in [0.3, 0.4) is 0 Å². The van der Waals surface area contributed by atoms with Gasteiger partial charge in [-0.25, -0.2) is 9.38 Å². The summed E-state index contributed by atoms with van der Waals surface area (Å²) in [4.78, 5) is 170. The van der Waals surface area contributed by atoms with Crippen molar-refractivity contribution in [1.82, 2.24) is 73.7 Å². The molecule has 6 rings (SSSR count). The summed E-state index contributed by atoms with van der Waals surface area (Å²) in [5.41, 5.74) is 13.2. The molecule has 116 heavy (non-hydrogen) atoms. The molecular formula is C78H103F7N18O13. The second kappa shape index (κ2) is 46.0. The third-order valence-electron chi connectivity index (χ3n) is 18.4. The topological polar surface area (TPSA) is 465 Å². The van der Waals surface area contributed by atoms with Gasteiger partial charge in [0.15, 0.2) is 11.9 Å². The van der Waals surface area contributed by atoms with Crippen LogP contribution in [-0.4, -0.2) is 216 Å². The molecule has 4 aromatic carbocycles. The first-order chi connectivity index (χ1) is 55.0. The number of rotatable bonds is 43. The molecule has 18 N–H and O–H groups in total. The number of aromatic nitrogens is 1. The number of benzene rings is 4. The van der Waals surface area contributed by atoms with Gasteiger partial charge in [-0.15, -0.1) is 0 Å². The van der Waals surface area contributed by atoms with Crippen molar-refractivity contribution in [3.05, 3.63) is 144 Å². The first-order valence-electron chi connectivity index (χ1n) is 38.0. The van der Waals surface area contributed by atoms with Gasteiger partial charge in [-0.05, 0) is 128 Å². The van der Waals surface area contributed by atoms with E-state index in [1.807, 2.05) is 43.3 Å². The van der Waals surface area contributed by atoms with Gasteiger partial charge in [0.05, 0.1) is 6.61 Å². The Morgan fingerprint density at radius 2 is 1.08 bits per heavy atom. The van der Waals surface area contributed by atoms with Gasteiger partial charge in [-0.2, -0.15) is 26.3 Å². The lowest BCUT2D eigenvalue weighted by molar-refractivity contribution is -0.142. The van der Waals surface area contributed by atoms with E-state index in [2.05, 4.69) is 73.5 Å². The number of carbonyl (C=O) groups excluding carboxylic acids is 11. The molecule has 0 unspecified atom stereocenters. The maximum atomic E-state index is 15.1. The molecule has 1 fully saturated rings. The molecule has 632 valence electrons. The Kier molecular flexibility index (Phi) is 36.9. The van der Waals surface area contributed by atoms with Crippen LogP contribution in [0.5, 0.6) is 5.75 Å². The molecule has 1 aliphatic rings. The Morgan fingerprint density at radius 1 is 0.560 bits per heavy atom. The van der Waals surface area contributed by atoms with Gasteiger partial charge in [0, 0.05) is 71.2 Å². The molecule has 1 saturated heterocycles. The van der Waals surface area contributed by atoms with Gasteiger partial charge in [-0.1, -0.05) is 100.0 Å². The largest absolute Gasteiger partial charge is 0.508 e. The average molecular weight is 1630 g/mol. The van der Waals surface area contributed by atoms with E-state index in [-0.39, 0.29) is 82.6 Å². The van der Waals surface area contributed by atoms with Crippen LogP contribution in [-0.2, 0) is 78.4 Å². The number of aliphatic hydroxyl groups is 1. The quantitative estimate of drug-likeness (QED) is 0.0115. The molecule has 0 bridgehead atoms. The van der Waals surface area contributed by atoms with Crippen molar-refractivity contribution < 1.29 is 93.7 Å². The Hall–Kier alpha value is -11.7. The number of likely N-dealkylation sites (tertiary alicyclic amines) is 1. The van der Waals surface area contributed by atoms with E-state index in [1.54, 1.807) is 37.4 Å². The highest BCUT2D eigenvalue weighted by atomic mass is 19.4. The lowest BCUT2D eigenvalue weighted by atomic mass is 9.99. The monoisotopic (exact) mass is 1630 g/mol. The number of hydrogen-bond acceptors (Lipinski definition) is 16. The van der Waals surface area contributed by atoms with Gasteiger partial charge in [0.2, 0.25) is 65.0 Å². The molecular weight excluding hydrogens is 1530 g/mol. The summed E-state index contributed by atoms with van der Waals surface area (Å²) in [5, 5.41) is 53.4. The Bertz CT molecular complexity index is 4180. The molecule has 11 amide bonds. The molecule has 5 aromatic rings. The summed E-state index contributed by atoms with van der Waals surface area (Å²) in [5.74, 6) is -12.4. The number of phenols is 1. The van der Waals surface area contributed by atoms with Crippen molar-refractivity contribution in [3.63, 3.8) is 0 Å². The number of unbranched alkanes of at least 4 members (excludes halogenated alkanes) is 1. The minimum absolute atomic E-state index is 0.00467. The number of amides is 11. The summed E-state index contributed by atoms with van der Waals surface area (Å²) in [6.07, 6.45) is -7.27. The highest BCUT2D eigenvalue weighted by Crippen LogP contribution is 2.23. The number of fused-ring (bicyclic) bond motifs is 1. The van der Waals surface area contributed by atoms with Gasteiger partial charge < -0.3 is 90.4 Å². The zero-order valence-corrected chi connectivity index (χ0v) is 64.9. The van der Waals surface area contributed by atoms with Crippen LogP contribution in [0.2, 0.25) is 0 Å². The van der Waals surface area contributed by atoms with E-state index in [0.717, 1.165) is 40.6 Å². The normalized spacial score (nSPS) is 15.5. The minimum atomic E-state index is -4.92. The van der Waals surface area contributed by atoms with E-state index in [0.29, 0.717) is 28.8 Å². The van der Waals surface area contributed by atoms with Crippen LogP contribution in [0.1, 0.15) is 115 Å². The zero-order valence-electron chi connectivity index (χ0n) is 64.9. The summed E-state index contributed by atoms with van der Waals surface area (Å²) in [7, 11) is 0. The van der Waals surface area contributed by atoms with E-state index in [4.69, 9.17) is 11.5 Å². The summed E-state index contributed by atoms with van der Waals surface area (Å²) < 4.78 is 93.8. The number of nitrogens with zero attached hydrogens (tertiary/aromatic N) is 4. The number of guanidine groups is 2. The number of aliphatic imine (C=N–C) groups is 2. The number of nitrogens with two attached hydrogens (primary N) is 2. The van der Waals surface area contributed by atoms with Crippen LogP contribution < -0.4 is 75.3 Å². The summed E-state index contributed by atoms with van der Waals surface area (Å²) >= 11 is 0. The van der Waals surface area contributed by atoms with Crippen LogP contribution in [0.25, 0.3) is 10.8 Å². The molecule has 10 atom stereocenters. The number of primary amides is 1. The lowest BCUT2D eigenvalue weighted by Gasteiger charge is -2.31. The van der Waals surface area contributed by atoms with Crippen LogP contribution in [0.4, 0.5) is 30.7 Å².